The van der Waals surface area contributed by atoms with Crippen molar-refractivity contribution < 1.29 is 60.0 Å². The second-order valence-corrected chi connectivity index (χ2v) is 21.6. The van der Waals surface area contributed by atoms with Crippen LogP contribution in [0.15, 0.2) is 60.7 Å². The predicted molar refractivity (Wildman–Crippen MR) is 267 cm³/mol. The number of aromatic hydroxyl groups is 4. The lowest BCUT2D eigenvalue weighted by Gasteiger charge is -2.61. The summed E-state index contributed by atoms with van der Waals surface area (Å²) in [4.78, 5) is 48.5. The van der Waals surface area contributed by atoms with Gasteiger partial charge >= 0.3 is 23.9 Å². The van der Waals surface area contributed by atoms with Crippen molar-refractivity contribution in [2.45, 2.75) is 84.5 Å². The van der Waals surface area contributed by atoms with E-state index in [1.807, 2.05) is 12.2 Å². The van der Waals surface area contributed by atoms with E-state index in [1.165, 1.54) is 48.5 Å². The second-order valence-electron chi connectivity index (χ2n) is 20.0. The molecule has 8 atom stereocenters. The van der Waals surface area contributed by atoms with Crippen LogP contribution in [0.1, 0.15) is 148 Å². The molecule has 13 nitrogen and oxygen atoms in total. The van der Waals surface area contributed by atoms with E-state index in [1.54, 1.807) is 0 Å². The first-order valence-electron chi connectivity index (χ1n) is 23.0. The average molecular weight is 1040 g/mol. The molecule has 4 saturated carbocycles. The van der Waals surface area contributed by atoms with Crippen molar-refractivity contribution in [2.24, 2.45) is 46.3 Å². The van der Waals surface area contributed by atoms with Crippen LogP contribution >= 0.6 is 46.4 Å². The van der Waals surface area contributed by atoms with Gasteiger partial charge in [0, 0.05) is 0 Å². The van der Waals surface area contributed by atoms with Gasteiger partial charge < -0.3 is 47.0 Å². The molecule has 0 amide bonds. The van der Waals surface area contributed by atoms with Crippen molar-refractivity contribution in [3.63, 3.8) is 0 Å². The summed E-state index contributed by atoms with van der Waals surface area (Å²) in [6.07, 6.45) is 14.3. The standard InChI is InChI=1S/C53H52Cl4O12.H3N/c1-52-14-12-39-33(38(52)10-6-29(52)4-8-32(27-18-36(50(66)67)46(60)42(56)22-27)28-19-37(51(68)69)47(61)43(57)23-28)9-5-30-15-24(11-13-53(30,39)2)3-7-31(25-16-34(48(62)63)44(58)40(54)20-25)26-17-35(49(64)65)45(59)41(55)21-26;/h7-8,16-24,29-30,33,38-39,58-61H,3-6,9-15H2,1-2H3,(H,62,63)(H,64,65)(H,66,67)(H,68,69);1H3/t24-,29-,30-,33-,38-,39-,52+,53-;/m0./s1. The molecule has 0 aliphatic heterocycles. The van der Waals surface area contributed by atoms with Crippen LogP contribution in [-0.2, 0) is 0 Å². The maximum absolute atomic E-state index is 12.2. The van der Waals surface area contributed by atoms with Gasteiger partial charge in [0.2, 0.25) is 0 Å². The number of hydrogen-bond donors (Lipinski definition) is 9. The van der Waals surface area contributed by atoms with Gasteiger partial charge in [-0.05, 0) is 199 Å². The Morgan fingerprint density at radius 1 is 0.514 bits per heavy atom. The minimum absolute atomic E-state index is 0. The summed E-state index contributed by atoms with van der Waals surface area (Å²) in [7, 11) is 0. The fourth-order valence-corrected chi connectivity index (χ4v) is 14.0. The van der Waals surface area contributed by atoms with Crippen molar-refractivity contribution in [2.75, 3.05) is 0 Å². The van der Waals surface area contributed by atoms with E-state index >= 15 is 0 Å². The molecule has 0 heterocycles. The third-order valence-corrected chi connectivity index (χ3v) is 17.8. The van der Waals surface area contributed by atoms with Crippen LogP contribution < -0.4 is 6.15 Å². The third-order valence-electron chi connectivity index (χ3n) is 16.7. The third kappa shape index (κ3) is 9.43. The van der Waals surface area contributed by atoms with E-state index in [2.05, 4.69) is 13.8 Å². The Morgan fingerprint density at radius 2 is 0.886 bits per heavy atom. The van der Waals surface area contributed by atoms with Gasteiger partial charge in [-0.1, -0.05) is 72.4 Å². The number of rotatable bonds is 12. The zero-order chi connectivity index (χ0) is 50.0. The SMILES string of the molecule is C[C@]12CC[C@H](CC=C(c3cc(Cl)c(O)c(C(=O)O)c3)c3cc(Cl)c(O)c(C(=O)O)c3)C[C@@H]1CC[C@@H]1[C@@H]2CC[C@]2(C)[C@@H](CC=C(c3cc(Cl)c(O)c(C(=O)O)c3)c3cc(Cl)c(O)c(C(=O)O)c3)CC[C@@H]12.N. The summed E-state index contributed by atoms with van der Waals surface area (Å²) < 4.78 is 0. The minimum Gasteiger partial charge on any atom is -0.505 e. The number of aromatic carboxylic acids is 4. The monoisotopic (exact) mass is 1040 g/mol. The number of fused-ring (bicyclic) bond motifs is 5. The van der Waals surface area contributed by atoms with Crippen LogP contribution in [0.25, 0.3) is 11.1 Å². The van der Waals surface area contributed by atoms with Gasteiger partial charge in [0.1, 0.15) is 45.3 Å². The quantitative estimate of drug-likeness (QED) is 0.0640. The highest BCUT2D eigenvalue weighted by Gasteiger charge is 2.60. The van der Waals surface area contributed by atoms with Crippen LogP contribution in [0.2, 0.25) is 20.1 Å². The van der Waals surface area contributed by atoms with E-state index in [9.17, 15) is 60.0 Å². The topological polar surface area (TPSA) is 265 Å². The van der Waals surface area contributed by atoms with Crippen molar-refractivity contribution in [1.82, 2.24) is 6.15 Å². The Labute approximate surface area is 424 Å². The lowest BCUT2D eigenvalue weighted by molar-refractivity contribution is -0.117. The molecular weight excluding hydrogens is 984 g/mol. The number of carbonyl (C=O) groups is 4. The molecule has 0 bridgehead atoms. The smallest absolute Gasteiger partial charge is 0.339 e. The van der Waals surface area contributed by atoms with Crippen LogP contribution in [0.4, 0.5) is 0 Å². The number of carboxylic acid groups (broad SMARTS) is 4. The molecule has 4 aromatic rings. The van der Waals surface area contributed by atoms with Crippen LogP contribution in [0.5, 0.6) is 23.0 Å². The highest BCUT2D eigenvalue weighted by molar-refractivity contribution is 6.34. The molecule has 70 heavy (non-hydrogen) atoms. The minimum atomic E-state index is -1.39. The number of allylic oxidation sites excluding steroid dienone is 2. The lowest BCUT2D eigenvalue weighted by atomic mass is 9.44. The molecule has 0 saturated heterocycles. The van der Waals surface area contributed by atoms with Crippen LogP contribution in [0, 0.1) is 46.3 Å². The van der Waals surface area contributed by atoms with Gasteiger partial charge in [-0.2, -0.15) is 0 Å². The molecule has 4 aliphatic carbocycles. The number of benzene rings is 4. The Hall–Kier alpha value is -5.44. The predicted octanol–water partition coefficient (Wildman–Crippen LogP) is 13.7. The van der Waals surface area contributed by atoms with Gasteiger partial charge in [-0.15, -0.1) is 0 Å². The van der Waals surface area contributed by atoms with E-state index < -0.39 is 69.1 Å². The van der Waals surface area contributed by atoms with Crippen molar-refractivity contribution in [1.29, 1.82) is 0 Å². The van der Waals surface area contributed by atoms with Gasteiger partial charge in [0.15, 0.2) is 0 Å². The van der Waals surface area contributed by atoms with E-state index in [0.29, 0.717) is 69.9 Å². The first kappa shape index (κ1) is 52.4. The summed E-state index contributed by atoms with van der Waals surface area (Å²) in [6.45, 7) is 4.87. The van der Waals surface area contributed by atoms with Gasteiger partial charge in [0.05, 0.1) is 20.1 Å². The zero-order valence-corrected chi connectivity index (χ0v) is 41.5. The molecule has 8 rings (SSSR count). The molecule has 372 valence electrons. The number of phenols is 4. The maximum Gasteiger partial charge on any atom is 0.339 e. The zero-order valence-electron chi connectivity index (χ0n) is 38.4. The molecule has 0 unspecified atom stereocenters. The molecule has 0 aromatic heterocycles. The normalized spacial score (nSPS) is 25.6. The lowest BCUT2D eigenvalue weighted by Crippen LogP contribution is -2.53. The molecule has 0 spiro atoms. The molecule has 17 heteroatoms. The van der Waals surface area contributed by atoms with Crippen LogP contribution in [-0.4, -0.2) is 64.7 Å². The molecule has 4 aromatic carbocycles. The Morgan fingerprint density at radius 3 is 1.29 bits per heavy atom. The Bertz CT molecular complexity index is 2740. The number of halogens is 4. The maximum atomic E-state index is 12.2. The van der Waals surface area contributed by atoms with Gasteiger partial charge in [-0.25, -0.2) is 19.2 Å². The average Bonchev–Trinajstić information content (AvgIpc) is 3.63. The summed E-state index contributed by atoms with van der Waals surface area (Å²) in [5, 5.41) is 80.7. The highest BCUT2D eigenvalue weighted by atomic mass is 35.5. The van der Waals surface area contributed by atoms with E-state index in [-0.39, 0.29) is 48.9 Å². The molecule has 4 fully saturated rings. The molecule has 11 N–H and O–H groups in total. The highest BCUT2D eigenvalue weighted by Crippen LogP contribution is 2.68. The van der Waals surface area contributed by atoms with E-state index in [4.69, 9.17) is 46.4 Å². The second kappa shape index (κ2) is 20.0. The van der Waals surface area contributed by atoms with Crippen LogP contribution in [0.3, 0.4) is 0 Å². The largest absolute Gasteiger partial charge is 0.505 e. The fourth-order valence-electron chi connectivity index (χ4n) is 13.1. The fraction of sp³-hybridized carbons (Fsp3) is 0.396. The van der Waals surface area contributed by atoms with Gasteiger partial charge in [0.25, 0.3) is 0 Å². The first-order valence-corrected chi connectivity index (χ1v) is 24.5. The summed E-state index contributed by atoms with van der Waals surface area (Å²) in [5.74, 6) is -5.41. The van der Waals surface area contributed by atoms with Crippen molar-refractivity contribution in [3.05, 3.63) is 125 Å². The first-order chi connectivity index (χ1) is 32.5. The summed E-state index contributed by atoms with van der Waals surface area (Å²) >= 11 is 25.4. The molecule has 4 aliphatic rings. The van der Waals surface area contributed by atoms with E-state index in [0.717, 1.165) is 57.8 Å². The number of carboxylic acids is 4. The number of hydrogen-bond acceptors (Lipinski definition) is 9. The Balaban J connectivity index is 0.00000722. The van der Waals surface area contributed by atoms with Crippen molar-refractivity contribution in [3.8, 4) is 23.0 Å². The van der Waals surface area contributed by atoms with Crippen molar-refractivity contribution >= 4 is 81.4 Å². The molecular formula is C53H55Cl4NO12. The molecule has 0 radical (unpaired) electrons. The van der Waals surface area contributed by atoms with Gasteiger partial charge in [-0.3, -0.25) is 0 Å². The Kier molecular flexibility index (Phi) is 15.0. The summed E-state index contributed by atoms with van der Waals surface area (Å²) in [6, 6.07) is 10.9. The summed E-state index contributed by atoms with van der Waals surface area (Å²) in [5.41, 5.74) is 0.778.